The molecule has 0 aromatic heterocycles. The lowest BCUT2D eigenvalue weighted by atomic mass is 10.4. The molecule has 0 unspecified atom stereocenters. The van der Waals surface area contributed by atoms with Crippen molar-refractivity contribution in [3.05, 3.63) is 0 Å². The number of rotatable bonds is 7. The summed E-state index contributed by atoms with van der Waals surface area (Å²) in [4.78, 5) is 11.0. The topological polar surface area (TPSA) is 29.1 Å². The van der Waals surface area contributed by atoms with Crippen LogP contribution >= 0.6 is 11.8 Å². The van der Waals surface area contributed by atoms with Crippen molar-refractivity contribution in [1.29, 1.82) is 0 Å². The molecule has 0 atom stereocenters. The van der Waals surface area contributed by atoms with Crippen LogP contribution in [0.2, 0.25) is 0 Å². The lowest BCUT2D eigenvalue weighted by molar-refractivity contribution is -0.118. The van der Waals surface area contributed by atoms with Crippen LogP contribution in [0.25, 0.3) is 0 Å². The Labute approximate surface area is 79.5 Å². The summed E-state index contributed by atoms with van der Waals surface area (Å²) in [5.74, 6) is 1.91. The fourth-order valence-electron chi connectivity index (χ4n) is 0.727. The van der Waals surface area contributed by atoms with Gasteiger partial charge in [-0.05, 0) is 18.6 Å². The molecule has 0 aromatic rings. The van der Waals surface area contributed by atoms with Gasteiger partial charge in [-0.1, -0.05) is 20.3 Å². The van der Waals surface area contributed by atoms with Crippen LogP contribution in [0.3, 0.4) is 0 Å². The quantitative estimate of drug-likeness (QED) is 0.621. The van der Waals surface area contributed by atoms with Gasteiger partial charge in [-0.3, -0.25) is 4.79 Å². The van der Waals surface area contributed by atoms with E-state index in [4.69, 9.17) is 0 Å². The molecule has 0 rings (SSSR count). The van der Waals surface area contributed by atoms with Crippen LogP contribution < -0.4 is 5.32 Å². The molecule has 2 nitrogen and oxygen atoms in total. The van der Waals surface area contributed by atoms with E-state index < -0.39 is 0 Å². The lowest BCUT2D eigenvalue weighted by Gasteiger charge is -2.02. The molecule has 12 heavy (non-hydrogen) atoms. The minimum Gasteiger partial charge on any atom is -0.355 e. The number of hydrogen-bond acceptors (Lipinski definition) is 2. The van der Waals surface area contributed by atoms with Crippen LogP contribution in [0, 0.1) is 0 Å². The lowest BCUT2D eigenvalue weighted by Crippen LogP contribution is -2.25. The minimum absolute atomic E-state index is 0.179. The van der Waals surface area contributed by atoms with Crippen LogP contribution in [-0.4, -0.2) is 24.0 Å². The molecule has 0 fully saturated rings. The molecule has 0 saturated carbocycles. The van der Waals surface area contributed by atoms with Gasteiger partial charge in [-0.15, -0.1) is 0 Å². The average molecular weight is 189 g/mol. The predicted octanol–water partition coefficient (Wildman–Crippen LogP) is 2.05. The molecule has 1 N–H and O–H groups in total. The largest absolute Gasteiger partial charge is 0.355 e. The van der Waals surface area contributed by atoms with E-state index >= 15 is 0 Å². The smallest absolute Gasteiger partial charge is 0.229 e. The summed E-state index contributed by atoms with van der Waals surface area (Å²) >= 11 is 1.72. The average Bonchev–Trinajstić information content (AvgIpc) is 2.09. The Morgan fingerprint density at radius 1 is 1.33 bits per heavy atom. The molecule has 0 aliphatic rings. The number of amides is 1. The summed E-state index contributed by atoms with van der Waals surface area (Å²) in [6.45, 7) is 5.04. The number of carbonyl (C=O) groups is 1. The Kier molecular flexibility index (Phi) is 8.78. The number of carbonyl (C=O) groups excluding carboxylic acids is 1. The minimum atomic E-state index is 0.179. The molecule has 0 aromatic carbocycles. The second kappa shape index (κ2) is 8.91. The first kappa shape index (κ1) is 11.8. The van der Waals surface area contributed by atoms with Gasteiger partial charge in [0.05, 0.1) is 5.75 Å². The standard InChI is InChI=1S/C9H19NOS/c1-3-5-7-12-8-9(11)10-6-4-2/h3-8H2,1-2H3,(H,10,11). The van der Waals surface area contributed by atoms with E-state index in [1.807, 2.05) is 0 Å². The van der Waals surface area contributed by atoms with Crippen molar-refractivity contribution in [3.8, 4) is 0 Å². The fraction of sp³-hybridized carbons (Fsp3) is 0.889. The highest BCUT2D eigenvalue weighted by Gasteiger charge is 1.98. The van der Waals surface area contributed by atoms with Gasteiger partial charge in [0.15, 0.2) is 0 Å². The van der Waals surface area contributed by atoms with Crippen molar-refractivity contribution in [2.45, 2.75) is 33.1 Å². The van der Waals surface area contributed by atoms with E-state index in [-0.39, 0.29) is 5.91 Å². The molecule has 0 saturated heterocycles. The summed E-state index contributed by atoms with van der Waals surface area (Å²) < 4.78 is 0. The highest BCUT2D eigenvalue weighted by molar-refractivity contribution is 7.99. The Morgan fingerprint density at radius 3 is 2.67 bits per heavy atom. The third-order valence-electron chi connectivity index (χ3n) is 1.45. The molecule has 0 aliphatic heterocycles. The van der Waals surface area contributed by atoms with Crippen molar-refractivity contribution in [1.82, 2.24) is 5.32 Å². The van der Waals surface area contributed by atoms with Crippen LogP contribution in [0.4, 0.5) is 0 Å². The normalized spacial score (nSPS) is 9.83. The first-order valence-corrected chi connectivity index (χ1v) is 5.81. The number of hydrogen-bond donors (Lipinski definition) is 1. The fourth-order valence-corrected chi connectivity index (χ4v) is 1.65. The van der Waals surface area contributed by atoms with Crippen LogP contribution in [-0.2, 0) is 4.79 Å². The van der Waals surface area contributed by atoms with Gasteiger partial charge >= 0.3 is 0 Å². The molecule has 0 spiro atoms. The summed E-state index contributed by atoms with van der Waals surface area (Å²) in [6.07, 6.45) is 3.45. The van der Waals surface area contributed by atoms with Crippen LogP contribution in [0.15, 0.2) is 0 Å². The zero-order chi connectivity index (χ0) is 9.23. The number of nitrogens with one attached hydrogen (secondary N) is 1. The van der Waals surface area contributed by atoms with Gasteiger partial charge in [0.2, 0.25) is 5.91 Å². The molecule has 0 heterocycles. The second-order valence-electron chi connectivity index (χ2n) is 2.76. The van der Waals surface area contributed by atoms with Gasteiger partial charge < -0.3 is 5.32 Å². The molecular formula is C9H19NOS. The van der Waals surface area contributed by atoms with E-state index in [9.17, 15) is 4.79 Å². The molecule has 3 heteroatoms. The molecule has 0 bridgehead atoms. The maximum Gasteiger partial charge on any atom is 0.229 e. The Balaban J connectivity index is 3.08. The zero-order valence-corrected chi connectivity index (χ0v) is 8.88. The third kappa shape index (κ3) is 7.92. The summed E-state index contributed by atoms with van der Waals surface area (Å²) in [6, 6.07) is 0. The maximum absolute atomic E-state index is 11.0. The number of thioether (sulfide) groups is 1. The van der Waals surface area contributed by atoms with Crippen molar-refractivity contribution >= 4 is 17.7 Å². The predicted molar refractivity (Wildman–Crippen MR) is 55.5 cm³/mol. The van der Waals surface area contributed by atoms with Gasteiger partial charge in [0.1, 0.15) is 0 Å². The first-order valence-electron chi connectivity index (χ1n) is 4.65. The highest BCUT2D eigenvalue weighted by atomic mass is 32.2. The van der Waals surface area contributed by atoms with Gasteiger partial charge in [-0.2, -0.15) is 11.8 Å². The number of unbranched alkanes of at least 4 members (excludes halogenated alkanes) is 1. The van der Waals surface area contributed by atoms with Crippen LogP contribution in [0.1, 0.15) is 33.1 Å². The van der Waals surface area contributed by atoms with E-state index in [0.717, 1.165) is 18.7 Å². The molecular weight excluding hydrogens is 170 g/mol. The van der Waals surface area contributed by atoms with E-state index in [0.29, 0.717) is 5.75 Å². The van der Waals surface area contributed by atoms with Gasteiger partial charge in [0.25, 0.3) is 0 Å². The Hall–Kier alpha value is -0.180. The SMILES string of the molecule is CCCCSCC(=O)NCCC. The highest BCUT2D eigenvalue weighted by Crippen LogP contribution is 2.03. The van der Waals surface area contributed by atoms with Crippen molar-refractivity contribution in [2.75, 3.05) is 18.1 Å². The molecule has 72 valence electrons. The summed E-state index contributed by atoms with van der Waals surface area (Å²) in [5, 5.41) is 2.85. The van der Waals surface area contributed by atoms with Gasteiger partial charge in [0, 0.05) is 6.54 Å². The van der Waals surface area contributed by atoms with E-state index in [1.54, 1.807) is 11.8 Å². The van der Waals surface area contributed by atoms with Crippen molar-refractivity contribution in [2.24, 2.45) is 0 Å². The zero-order valence-electron chi connectivity index (χ0n) is 8.06. The van der Waals surface area contributed by atoms with E-state index in [2.05, 4.69) is 19.2 Å². The van der Waals surface area contributed by atoms with Crippen molar-refractivity contribution < 1.29 is 4.79 Å². The summed E-state index contributed by atoms with van der Waals surface area (Å²) in [7, 11) is 0. The maximum atomic E-state index is 11.0. The molecule has 0 radical (unpaired) electrons. The Bertz CT molecular complexity index is 117. The monoisotopic (exact) mass is 189 g/mol. The molecule has 0 aliphatic carbocycles. The third-order valence-corrected chi connectivity index (χ3v) is 2.49. The summed E-state index contributed by atoms with van der Waals surface area (Å²) in [5.41, 5.74) is 0. The second-order valence-corrected chi connectivity index (χ2v) is 3.86. The molecule has 1 amide bonds. The van der Waals surface area contributed by atoms with E-state index in [1.165, 1.54) is 12.8 Å². The van der Waals surface area contributed by atoms with Crippen LogP contribution in [0.5, 0.6) is 0 Å². The Morgan fingerprint density at radius 2 is 2.08 bits per heavy atom. The first-order chi connectivity index (χ1) is 5.81. The van der Waals surface area contributed by atoms with Crippen molar-refractivity contribution in [3.63, 3.8) is 0 Å². The van der Waals surface area contributed by atoms with Gasteiger partial charge in [-0.25, -0.2) is 0 Å².